The van der Waals surface area contributed by atoms with Crippen LogP contribution in [0.1, 0.15) is 15.9 Å². The molecule has 4 nitrogen and oxygen atoms in total. The van der Waals surface area contributed by atoms with Gasteiger partial charge < -0.3 is 14.7 Å². The van der Waals surface area contributed by atoms with E-state index >= 15 is 0 Å². The zero-order valence-electron chi connectivity index (χ0n) is 9.93. The topological polar surface area (TPSA) is 49.8 Å². The van der Waals surface area contributed by atoms with Crippen LogP contribution in [0.2, 0.25) is 0 Å². The SMILES string of the molecule is Cc1ccccc1C(=O)N1CCOCC1CO. The Morgan fingerprint density at radius 3 is 3.00 bits per heavy atom. The van der Waals surface area contributed by atoms with Gasteiger partial charge in [0, 0.05) is 12.1 Å². The number of benzene rings is 1. The Morgan fingerprint density at radius 1 is 1.53 bits per heavy atom. The van der Waals surface area contributed by atoms with Crippen LogP contribution in [0, 0.1) is 6.92 Å². The largest absolute Gasteiger partial charge is 0.394 e. The van der Waals surface area contributed by atoms with Gasteiger partial charge in [-0.25, -0.2) is 0 Å². The molecular formula is C13H17NO3. The number of aryl methyl sites for hydroxylation is 1. The molecule has 0 aliphatic carbocycles. The van der Waals surface area contributed by atoms with Crippen LogP contribution in [0.4, 0.5) is 0 Å². The average Bonchev–Trinajstić information content (AvgIpc) is 2.38. The molecule has 1 fully saturated rings. The Kier molecular flexibility index (Phi) is 3.76. The van der Waals surface area contributed by atoms with Gasteiger partial charge >= 0.3 is 0 Å². The number of aliphatic hydroxyl groups is 1. The maximum absolute atomic E-state index is 12.3. The Balaban J connectivity index is 2.21. The Hall–Kier alpha value is -1.39. The molecule has 2 rings (SSSR count). The zero-order chi connectivity index (χ0) is 12.3. The Bertz CT molecular complexity index is 405. The fourth-order valence-corrected chi connectivity index (χ4v) is 2.04. The van der Waals surface area contributed by atoms with Crippen molar-refractivity contribution in [2.75, 3.05) is 26.4 Å². The Labute approximate surface area is 101 Å². The monoisotopic (exact) mass is 235 g/mol. The molecule has 0 saturated carbocycles. The summed E-state index contributed by atoms with van der Waals surface area (Å²) in [7, 11) is 0. The smallest absolute Gasteiger partial charge is 0.254 e. The molecule has 1 aliphatic rings. The number of aliphatic hydroxyl groups excluding tert-OH is 1. The van der Waals surface area contributed by atoms with Gasteiger partial charge in [0.25, 0.3) is 5.91 Å². The van der Waals surface area contributed by atoms with Gasteiger partial charge in [0.2, 0.25) is 0 Å². The molecule has 1 N–H and O–H groups in total. The molecule has 1 saturated heterocycles. The minimum absolute atomic E-state index is 0.0227. The minimum atomic E-state index is -0.226. The number of nitrogens with zero attached hydrogens (tertiary/aromatic N) is 1. The molecule has 4 heteroatoms. The molecule has 1 aliphatic heterocycles. The standard InChI is InChI=1S/C13H17NO3/c1-10-4-2-3-5-12(10)13(16)14-6-7-17-9-11(14)8-15/h2-5,11,15H,6-9H2,1H3. The van der Waals surface area contributed by atoms with Crippen molar-refractivity contribution in [2.45, 2.75) is 13.0 Å². The number of carbonyl (C=O) groups excluding carboxylic acids is 1. The predicted octanol–water partition coefficient (Wildman–Crippen LogP) is 0.828. The van der Waals surface area contributed by atoms with Gasteiger partial charge in [0.15, 0.2) is 0 Å². The van der Waals surface area contributed by atoms with Crippen LogP contribution in [-0.4, -0.2) is 48.3 Å². The van der Waals surface area contributed by atoms with E-state index < -0.39 is 0 Å². The maximum atomic E-state index is 12.3. The molecule has 92 valence electrons. The number of carbonyl (C=O) groups is 1. The molecule has 17 heavy (non-hydrogen) atoms. The van der Waals surface area contributed by atoms with Gasteiger partial charge in [-0.2, -0.15) is 0 Å². The van der Waals surface area contributed by atoms with Gasteiger partial charge in [-0.15, -0.1) is 0 Å². The lowest BCUT2D eigenvalue weighted by Crippen LogP contribution is -2.50. The number of morpholine rings is 1. The lowest BCUT2D eigenvalue weighted by molar-refractivity contribution is -0.0184. The normalized spacial score (nSPS) is 20.4. The van der Waals surface area contributed by atoms with Gasteiger partial charge in [0.05, 0.1) is 25.9 Å². The molecule has 1 amide bonds. The number of amides is 1. The number of hydrogen-bond acceptors (Lipinski definition) is 3. The van der Waals surface area contributed by atoms with Crippen LogP contribution in [0.3, 0.4) is 0 Å². The first-order valence-corrected chi connectivity index (χ1v) is 5.79. The maximum Gasteiger partial charge on any atom is 0.254 e. The highest BCUT2D eigenvalue weighted by atomic mass is 16.5. The predicted molar refractivity (Wildman–Crippen MR) is 63.9 cm³/mol. The summed E-state index contributed by atoms with van der Waals surface area (Å²) in [6.07, 6.45) is 0. The van der Waals surface area contributed by atoms with Gasteiger partial charge in [-0.1, -0.05) is 18.2 Å². The molecule has 1 aromatic rings. The summed E-state index contributed by atoms with van der Waals surface area (Å²) in [5.41, 5.74) is 1.66. The number of ether oxygens (including phenoxy) is 1. The number of hydrogen-bond donors (Lipinski definition) is 1. The van der Waals surface area contributed by atoms with Gasteiger partial charge in [-0.05, 0) is 18.6 Å². The third-order valence-corrected chi connectivity index (χ3v) is 3.07. The van der Waals surface area contributed by atoms with Crippen molar-refractivity contribution in [3.63, 3.8) is 0 Å². The van der Waals surface area contributed by atoms with E-state index in [0.717, 1.165) is 5.56 Å². The first-order valence-electron chi connectivity index (χ1n) is 5.79. The van der Waals surface area contributed by atoms with E-state index in [-0.39, 0.29) is 18.6 Å². The van der Waals surface area contributed by atoms with Crippen molar-refractivity contribution in [3.8, 4) is 0 Å². The van der Waals surface area contributed by atoms with E-state index in [2.05, 4.69) is 0 Å². The van der Waals surface area contributed by atoms with E-state index in [9.17, 15) is 9.90 Å². The van der Waals surface area contributed by atoms with Crippen LogP contribution in [0.5, 0.6) is 0 Å². The van der Waals surface area contributed by atoms with Gasteiger partial charge in [-0.3, -0.25) is 4.79 Å². The van der Waals surface area contributed by atoms with E-state index in [1.807, 2.05) is 31.2 Å². The highest BCUT2D eigenvalue weighted by Crippen LogP contribution is 2.15. The molecule has 1 aromatic carbocycles. The van der Waals surface area contributed by atoms with Crippen molar-refractivity contribution >= 4 is 5.91 Å². The van der Waals surface area contributed by atoms with Crippen molar-refractivity contribution in [2.24, 2.45) is 0 Å². The second kappa shape index (κ2) is 5.29. The molecule has 1 unspecified atom stereocenters. The van der Waals surface area contributed by atoms with Crippen LogP contribution in [0.15, 0.2) is 24.3 Å². The third kappa shape index (κ3) is 2.48. The summed E-state index contributed by atoms with van der Waals surface area (Å²) in [6, 6.07) is 7.28. The summed E-state index contributed by atoms with van der Waals surface area (Å²) in [5, 5.41) is 9.25. The van der Waals surface area contributed by atoms with Crippen LogP contribution in [0.25, 0.3) is 0 Å². The minimum Gasteiger partial charge on any atom is -0.394 e. The molecule has 0 bridgehead atoms. The molecular weight excluding hydrogens is 218 g/mol. The van der Waals surface area contributed by atoms with Crippen LogP contribution in [-0.2, 0) is 4.74 Å². The van der Waals surface area contributed by atoms with E-state index in [0.29, 0.717) is 25.3 Å². The summed E-state index contributed by atoms with van der Waals surface area (Å²) >= 11 is 0. The van der Waals surface area contributed by atoms with Crippen molar-refractivity contribution in [1.29, 1.82) is 0 Å². The lowest BCUT2D eigenvalue weighted by Gasteiger charge is -2.34. The highest BCUT2D eigenvalue weighted by molar-refractivity contribution is 5.95. The molecule has 0 aromatic heterocycles. The lowest BCUT2D eigenvalue weighted by atomic mass is 10.1. The molecule has 1 atom stereocenters. The van der Waals surface area contributed by atoms with E-state index in [4.69, 9.17) is 4.74 Å². The van der Waals surface area contributed by atoms with E-state index in [1.165, 1.54) is 0 Å². The quantitative estimate of drug-likeness (QED) is 0.826. The van der Waals surface area contributed by atoms with E-state index in [1.54, 1.807) is 4.90 Å². The first kappa shape index (κ1) is 12.1. The highest BCUT2D eigenvalue weighted by Gasteiger charge is 2.27. The second-order valence-electron chi connectivity index (χ2n) is 4.22. The summed E-state index contributed by atoms with van der Waals surface area (Å²) in [5.74, 6) is -0.0227. The number of rotatable bonds is 2. The van der Waals surface area contributed by atoms with Crippen molar-refractivity contribution < 1.29 is 14.6 Å². The van der Waals surface area contributed by atoms with Crippen LogP contribution >= 0.6 is 0 Å². The summed E-state index contributed by atoms with van der Waals surface area (Å²) < 4.78 is 5.27. The second-order valence-corrected chi connectivity index (χ2v) is 4.22. The summed E-state index contributed by atoms with van der Waals surface area (Å²) in [6.45, 7) is 3.35. The van der Waals surface area contributed by atoms with Crippen LogP contribution < -0.4 is 0 Å². The Morgan fingerprint density at radius 2 is 2.29 bits per heavy atom. The van der Waals surface area contributed by atoms with Crippen molar-refractivity contribution in [1.82, 2.24) is 4.90 Å². The fraction of sp³-hybridized carbons (Fsp3) is 0.462. The molecule has 1 heterocycles. The zero-order valence-corrected chi connectivity index (χ0v) is 9.93. The third-order valence-electron chi connectivity index (χ3n) is 3.07. The first-order chi connectivity index (χ1) is 8.24. The summed E-state index contributed by atoms with van der Waals surface area (Å²) in [4.78, 5) is 14.0. The van der Waals surface area contributed by atoms with Gasteiger partial charge in [0.1, 0.15) is 0 Å². The fourth-order valence-electron chi connectivity index (χ4n) is 2.04. The van der Waals surface area contributed by atoms with Crippen molar-refractivity contribution in [3.05, 3.63) is 35.4 Å². The molecule has 0 spiro atoms. The molecule has 0 radical (unpaired) electrons. The average molecular weight is 235 g/mol.